The molecule has 0 aliphatic carbocycles. The number of carbonyl (C=O) groups excluding carboxylic acids is 1. The van der Waals surface area contributed by atoms with Gasteiger partial charge in [0.1, 0.15) is 11.4 Å². The fourth-order valence-electron chi connectivity index (χ4n) is 3.11. The van der Waals surface area contributed by atoms with Gasteiger partial charge in [-0.25, -0.2) is 0 Å². The van der Waals surface area contributed by atoms with Gasteiger partial charge in [-0.15, -0.1) is 0 Å². The van der Waals surface area contributed by atoms with E-state index in [4.69, 9.17) is 9.84 Å². The molecule has 1 amide bonds. The lowest BCUT2D eigenvalue weighted by atomic mass is 10.1. The zero-order chi connectivity index (χ0) is 19.9. The van der Waals surface area contributed by atoms with E-state index < -0.39 is 0 Å². The molecule has 0 unspecified atom stereocenters. The number of rotatable bonds is 8. The number of methoxy groups -OCH3 is 1. The summed E-state index contributed by atoms with van der Waals surface area (Å²) in [7, 11) is 1.61. The van der Waals surface area contributed by atoms with E-state index in [9.17, 15) is 9.90 Å². The second kappa shape index (κ2) is 9.19. The minimum absolute atomic E-state index is 0.0772. The Bertz CT molecular complexity index is 922. The normalized spacial score (nSPS) is 10.7. The van der Waals surface area contributed by atoms with Crippen LogP contribution in [0.15, 0.2) is 60.8 Å². The molecule has 0 fully saturated rings. The second-order valence-corrected chi connectivity index (χ2v) is 6.41. The number of aliphatic hydroxyl groups is 1. The first kappa shape index (κ1) is 19.6. The summed E-state index contributed by atoms with van der Waals surface area (Å²) in [6.07, 6.45) is 1.78. The molecule has 0 saturated carbocycles. The Morgan fingerprint density at radius 2 is 1.96 bits per heavy atom. The maximum absolute atomic E-state index is 13.1. The van der Waals surface area contributed by atoms with E-state index in [0.29, 0.717) is 30.1 Å². The van der Waals surface area contributed by atoms with Crippen LogP contribution in [0.3, 0.4) is 0 Å². The summed E-state index contributed by atoms with van der Waals surface area (Å²) in [6.45, 7) is 3.19. The van der Waals surface area contributed by atoms with Crippen molar-refractivity contribution in [1.82, 2.24) is 14.7 Å². The number of hydrogen-bond donors (Lipinski definition) is 1. The molecule has 1 N–H and O–H groups in total. The summed E-state index contributed by atoms with van der Waals surface area (Å²) in [6, 6.07) is 17.5. The smallest absolute Gasteiger partial charge is 0.257 e. The van der Waals surface area contributed by atoms with Crippen LogP contribution in [0.1, 0.15) is 22.8 Å². The third-order valence-electron chi connectivity index (χ3n) is 4.56. The molecular formula is C22H25N3O3. The molecule has 146 valence electrons. The highest BCUT2D eigenvalue weighted by molar-refractivity contribution is 5.99. The van der Waals surface area contributed by atoms with Crippen molar-refractivity contribution >= 4 is 5.91 Å². The van der Waals surface area contributed by atoms with Gasteiger partial charge >= 0.3 is 0 Å². The molecule has 0 spiro atoms. The van der Waals surface area contributed by atoms with Crippen molar-refractivity contribution in [1.29, 1.82) is 0 Å². The Hall–Kier alpha value is -3.12. The molecule has 3 rings (SSSR count). The molecule has 0 saturated heterocycles. The van der Waals surface area contributed by atoms with Crippen molar-refractivity contribution in [2.75, 3.05) is 26.8 Å². The first-order valence-corrected chi connectivity index (χ1v) is 9.32. The number of nitrogens with zero attached hydrogens (tertiary/aromatic N) is 3. The molecular weight excluding hydrogens is 354 g/mol. The van der Waals surface area contributed by atoms with Crippen molar-refractivity contribution in [2.45, 2.75) is 13.5 Å². The molecule has 3 aromatic rings. The standard InChI is InChI=1S/C22H25N3O3/c1-3-24(12-13-26)22(27)20-16-25(15-17-8-5-4-6-9-17)23-21(20)18-10-7-11-19(14-18)28-2/h4-11,14,16,26H,3,12-13,15H2,1-2H3. The van der Waals surface area contributed by atoms with Crippen LogP contribution in [0.5, 0.6) is 5.75 Å². The van der Waals surface area contributed by atoms with Gasteiger partial charge in [0.2, 0.25) is 0 Å². The van der Waals surface area contributed by atoms with Gasteiger partial charge in [-0.05, 0) is 24.6 Å². The van der Waals surface area contributed by atoms with Gasteiger partial charge in [0.15, 0.2) is 0 Å². The van der Waals surface area contributed by atoms with Crippen LogP contribution in [0.4, 0.5) is 0 Å². The molecule has 0 aliphatic rings. The summed E-state index contributed by atoms with van der Waals surface area (Å²) in [5.41, 5.74) is 3.04. The maximum atomic E-state index is 13.1. The highest BCUT2D eigenvalue weighted by Crippen LogP contribution is 2.27. The largest absolute Gasteiger partial charge is 0.497 e. The quantitative estimate of drug-likeness (QED) is 0.653. The zero-order valence-electron chi connectivity index (χ0n) is 16.2. The van der Waals surface area contributed by atoms with Crippen molar-refractivity contribution in [3.8, 4) is 17.0 Å². The van der Waals surface area contributed by atoms with Crippen molar-refractivity contribution in [3.63, 3.8) is 0 Å². The van der Waals surface area contributed by atoms with E-state index in [-0.39, 0.29) is 19.1 Å². The number of aliphatic hydroxyl groups excluding tert-OH is 1. The predicted molar refractivity (Wildman–Crippen MR) is 108 cm³/mol. The van der Waals surface area contributed by atoms with Gasteiger partial charge in [-0.2, -0.15) is 5.10 Å². The summed E-state index contributed by atoms with van der Waals surface area (Å²) in [5.74, 6) is 0.560. The number of hydrogen-bond acceptors (Lipinski definition) is 4. The summed E-state index contributed by atoms with van der Waals surface area (Å²) >= 11 is 0. The minimum atomic E-state index is -0.145. The number of benzene rings is 2. The zero-order valence-corrected chi connectivity index (χ0v) is 16.2. The molecule has 0 radical (unpaired) electrons. The number of amides is 1. The maximum Gasteiger partial charge on any atom is 0.257 e. The Labute approximate surface area is 165 Å². The molecule has 6 heteroatoms. The van der Waals surface area contributed by atoms with Gasteiger partial charge in [0.25, 0.3) is 5.91 Å². The summed E-state index contributed by atoms with van der Waals surface area (Å²) in [5, 5.41) is 14.0. The SMILES string of the molecule is CCN(CCO)C(=O)c1cn(Cc2ccccc2)nc1-c1cccc(OC)c1. The fourth-order valence-corrected chi connectivity index (χ4v) is 3.11. The Kier molecular flexibility index (Phi) is 6.45. The first-order valence-electron chi connectivity index (χ1n) is 9.32. The fraction of sp³-hybridized carbons (Fsp3) is 0.273. The van der Waals surface area contributed by atoms with Crippen molar-refractivity contribution in [3.05, 3.63) is 71.9 Å². The molecule has 1 heterocycles. The summed E-state index contributed by atoms with van der Waals surface area (Å²) in [4.78, 5) is 14.7. The lowest BCUT2D eigenvalue weighted by Crippen LogP contribution is -2.33. The van der Waals surface area contributed by atoms with E-state index in [2.05, 4.69) is 0 Å². The molecule has 0 atom stereocenters. The van der Waals surface area contributed by atoms with Gasteiger partial charge in [-0.3, -0.25) is 9.48 Å². The van der Waals surface area contributed by atoms with Crippen molar-refractivity contribution in [2.24, 2.45) is 0 Å². The number of likely N-dealkylation sites (N-methyl/N-ethyl adjacent to an activating group) is 1. The molecule has 6 nitrogen and oxygen atoms in total. The molecule has 0 bridgehead atoms. The van der Waals surface area contributed by atoms with E-state index in [1.54, 1.807) is 22.9 Å². The van der Waals surface area contributed by atoms with Crippen LogP contribution in [0.25, 0.3) is 11.3 Å². The lowest BCUT2D eigenvalue weighted by molar-refractivity contribution is 0.0732. The van der Waals surface area contributed by atoms with Gasteiger partial charge in [0.05, 0.1) is 25.8 Å². The molecule has 28 heavy (non-hydrogen) atoms. The highest BCUT2D eigenvalue weighted by atomic mass is 16.5. The minimum Gasteiger partial charge on any atom is -0.497 e. The average molecular weight is 379 g/mol. The van der Waals surface area contributed by atoms with Crippen LogP contribution in [0, 0.1) is 0 Å². The van der Waals surface area contributed by atoms with E-state index >= 15 is 0 Å². The molecule has 2 aromatic carbocycles. The van der Waals surface area contributed by atoms with E-state index in [0.717, 1.165) is 11.1 Å². The van der Waals surface area contributed by atoms with Crippen LogP contribution in [-0.2, 0) is 6.54 Å². The third-order valence-corrected chi connectivity index (χ3v) is 4.56. The average Bonchev–Trinajstić information content (AvgIpc) is 3.16. The van der Waals surface area contributed by atoms with Gasteiger partial charge < -0.3 is 14.7 Å². The van der Waals surface area contributed by atoms with Crippen LogP contribution < -0.4 is 4.74 Å². The number of aromatic nitrogens is 2. The second-order valence-electron chi connectivity index (χ2n) is 6.41. The topological polar surface area (TPSA) is 67.6 Å². The van der Waals surface area contributed by atoms with Crippen LogP contribution in [0.2, 0.25) is 0 Å². The molecule has 0 aliphatic heterocycles. The van der Waals surface area contributed by atoms with Gasteiger partial charge in [0, 0.05) is 24.8 Å². The van der Waals surface area contributed by atoms with Crippen LogP contribution >= 0.6 is 0 Å². The molecule has 1 aromatic heterocycles. The Morgan fingerprint density at radius 1 is 1.18 bits per heavy atom. The van der Waals surface area contributed by atoms with Gasteiger partial charge in [-0.1, -0.05) is 42.5 Å². The summed E-state index contributed by atoms with van der Waals surface area (Å²) < 4.78 is 7.11. The first-order chi connectivity index (χ1) is 13.7. The van der Waals surface area contributed by atoms with E-state index in [1.807, 2.05) is 61.5 Å². The Morgan fingerprint density at radius 3 is 2.64 bits per heavy atom. The van der Waals surface area contributed by atoms with Crippen LogP contribution in [-0.4, -0.2) is 52.5 Å². The third kappa shape index (κ3) is 4.40. The highest BCUT2D eigenvalue weighted by Gasteiger charge is 2.22. The van der Waals surface area contributed by atoms with Crippen molar-refractivity contribution < 1.29 is 14.6 Å². The predicted octanol–water partition coefficient (Wildman–Crippen LogP) is 3.06. The number of carbonyl (C=O) groups is 1. The Balaban J connectivity index is 2.03. The monoisotopic (exact) mass is 379 g/mol. The number of ether oxygens (including phenoxy) is 1. The van der Waals surface area contributed by atoms with E-state index in [1.165, 1.54) is 0 Å². The lowest BCUT2D eigenvalue weighted by Gasteiger charge is -2.19.